The minimum Gasteiger partial charge on any atom is -0.504 e. The topological polar surface area (TPSA) is 114 Å². The molecule has 8 heteroatoms. The van der Waals surface area contributed by atoms with Gasteiger partial charge < -0.3 is 9.84 Å². The molecule has 3 aromatic rings. The van der Waals surface area contributed by atoms with Gasteiger partial charge in [-0.15, -0.1) is 6.42 Å². The Morgan fingerprint density at radius 1 is 1.09 bits per heavy atom. The summed E-state index contributed by atoms with van der Waals surface area (Å²) in [6.07, 6.45) is 6.63. The van der Waals surface area contributed by atoms with Gasteiger partial charge in [0.05, 0.1) is 29.7 Å². The highest BCUT2D eigenvalue weighted by Gasteiger charge is 2.60. The molecule has 1 saturated carbocycles. The number of rotatable bonds is 8. The summed E-state index contributed by atoms with van der Waals surface area (Å²) in [6.45, 7) is 3.64. The van der Waals surface area contributed by atoms with Gasteiger partial charge in [-0.3, -0.25) is 14.9 Å². The summed E-state index contributed by atoms with van der Waals surface area (Å²) < 4.78 is 5.27. The van der Waals surface area contributed by atoms with Crippen molar-refractivity contribution in [2.24, 2.45) is 11.0 Å². The number of nitrogens with one attached hydrogen (secondary N) is 1. The van der Waals surface area contributed by atoms with E-state index in [2.05, 4.69) is 52.0 Å². The number of nitrogens with zero attached hydrogens (tertiary/aromatic N) is 2. The number of phenols is 1. The van der Waals surface area contributed by atoms with Crippen LogP contribution in [0.5, 0.6) is 11.5 Å². The third-order valence-corrected chi connectivity index (χ3v) is 6.28. The van der Waals surface area contributed by atoms with Crippen molar-refractivity contribution in [2.45, 2.75) is 33.1 Å². The number of benzene rings is 3. The summed E-state index contributed by atoms with van der Waals surface area (Å²) >= 11 is 0. The maximum Gasteiger partial charge on any atom is 0.274 e. The van der Waals surface area contributed by atoms with E-state index in [1.54, 1.807) is 13.8 Å². The molecule has 4 rings (SSSR count). The first-order valence-electron chi connectivity index (χ1n) is 12.8. The Hall–Kier alpha value is -5.96. The zero-order valence-corrected chi connectivity index (χ0v) is 23.0. The number of ether oxygens (including phenoxy) is 1. The van der Waals surface area contributed by atoms with Gasteiger partial charge in [-0.2, -0.15) is 5.10 Å². The van der Waals surface area contributed by atoms with E-state index in [1.807, 2.05) is 60.7 Å². The average Bonchev–Trinajstić information content (AvgIpc) is 3.77. The highest BCUT2D eigenvalue weighted by molar-refractivity contribution is 5.89. The van der Waals surface area contributed by atoms with E-state index >= 15 is 0 Å². The largest absolute Gasteiger partial charge is 0.504 e. The minimum absolute atomic E-state index is 0. The van der Waals surface area contributed by atoms with Crippen molar-refractivity contribution in [2.75, 3.05) is 6.61 Å². The van der Waals surface area contributed by atoms with Crippen LogP contribution < -0.4 is 10.2 Å². The number of non-ortho nitro benzene ring substituents is 1. The van der Waals surface area contributed by atoms with Crippen LogP contribution in [-0.4, -0.2) is 28.8 Å². The number of aromatic hydroxyl groups is 1. The molecule has 0 aliphatic heterocycles. The van der Waals surface area contributed by atoms with Gasteiger partial charge in [0.1, 0.15) is 0 Å². The summed E-state index contributed by atoms with van der Waals surface area (Å²) in [5.74, 6) is 16.1. The van der Waals surface area contributed by atoms with Crippen LogP contribution in [0.25, 0.3) is 0 Å². The van der Waals surface area contributed by atoms with Crippen molar-refractivity contribution in [3.05, 3.63) is 99.6 Å². The predicted molar refractivity (Wildman–Crippen MR) is 168 cm³/mol. The van der Waals surface area contributed by atoms with Crippen LogP contribution in [0.3, 0.4) is 0 Å². The Labute approximate surface area is 252 Å². The molecule has 8 nitrogen and oxygen atoms in total. The second-order valence-corrected chi connectivity index (χ2v) is 8.79. The first kappa shape index (κ1) is 33.2. The van der Waals surface area contributed by atoms with E-state index in [0.717, 1.165) is 17.2 Å². The highest BCUT2D eigenvalue weighted by Crippen LogP contribution is 2.58. The van der Waals surface area contributed by atoms with Crippen molar-refractivity contribution in [1.29, 1.82) is 0 Å². The number of phenolic OH excluding ortho intramolecular Hbond substituents is 1. The SMILES string of the molecule is C.C#CC#CC#CC#CC.CCOc1cc([N+](=O)[O-])cc(/C=N/NC(=O)C2CC2(c2ccccc2)c2ccccc2)c1O. The molecular formula is C35H31N3O5. The fourth-order valence-corrected chi connectivity index (χ4v) is 4.37. The van der Waals surface area contributed by atoms with Gasteiger partial charge in [0.25, 0.3) is 5.69 Å². The minimum atomic E-state index is -0.587. The van der Waals surface area contributed by atoms with Gasteiger partial charge in [0.2, 0.25) is 5.91 Å². The second-order valence-electron chi connectivity index (χ2n) is 8.79. The van der Waals surface area contributed by atoms with E-state index < -0.39 is 10.3 Å². The number of amides is 1. The molecule has 1 aliphatic carbocycles. The molecule has 43 heavy (non-hydrogen) atoms. The van der Waals surface area contributed by atoms with E-state index in [9.17, 15) is 20.0 Å². The van der Waals surface area contributed by atoms with Crippen LogP contribution in [-0.2, 0) is 10.2 Å². The Bertz CT molecular complexity index is 1650. The molecule has 1 amide bonds. The van der Waals surface area contributed by atoms with E-state index in [-0.39, 0.29) is 48.6 Å². The number of nitro groups is 1. The quantitative estimate of drug-likeness (QED) is 0.161. The van der Waals surface area contributed by atoms with Crippen LogP contribution in [0.1, 0.15) is 44.4 Å². The van der Waals surface area contributed by atoms with Crippen molar-refractivity contribution in [3.8, 4) is 59.4 Å². The van der Waals surface area contributed by atoms with Crippen LogP contribution in [0.4, 0.5) is 5.69 Å². The molecule has 1 fully saturated rings. The lowest BCUT2D eigenvalue weighted by molar-refractivity contribution is -0.385. The fraction of sp³-hybridized carbons (Fsp3) is 0.200. The molecule has 1 unspecified atom stereocenters. The van der Waals surface area contributed by atoms with Crippen molar-refractivity contribution in [1.82, 2.24) is 5.43 Å². The van der Waals surface area contributed by atoms with Gasteiger partial charge in [-0.05, 0) is 66.9 Å². The third-order valence-electron chi connectivity index (χ3n) is 6.28. The lowest BCUT2D eigenvalue weighted by Crippen LogP contribution is -2.25. The molecule has 0 saturated heterocycles. The first-order chi connectivity index (χ1) is 20.4. The van der Waals surface area contributed by atoms with Crippen molar-refractivity contribution in [3.63, 3.8) is 0 Å². The first-order valence-corrected chi connectivity index (χ1v) is 12.8. The summed E-state index contributed by atoms with van der Waals surface area (Å²) in [5.41, 5.74) is 4.02. The Kier molecular flexibility index (Phi) is 12.6. The summed E-state index contributed by atoms with van der Waals surface area (Å²) in [6, 6.07) is 22.0. The van der Waals surface area contributed by atoms with Crippen LogP contribution >= 0.6 is 0 Å². The van der Waals surface area contributed by atoms with Crippen molar-refractivity contribution < 1.29 is 19.6 Å². The van der Waals surface area contributed by atoms with Crippen molar-refractivity contribution >= 4 is 17.8 Å². The molecule has 1 atom stereocenters. The number of hydrogen-bond donors (Lipinski definition) is 2. The number of terminal acetylenes is 1. The van der Waals surface area contributed by atoms with Crippen LogP contribution in [0.15, 0.2) is 77.9 Å². The lowest BCUT2D eigenvalue weighted by atomic mass is 9.85. The molecule has 0 radical (unpaired) electrons. The molecule has 1 aliphatic rings. The molecule has 216 valence electrons. The van der Waals surface area contributed by atoms with E-state index in [1.165, 1.54) is 12.3 Å². The zero-order valence-electron chi connectivity index (χ0n) is 23.0. The molecule has 0 bridgehead atoms. The fourth-order valence-electron chi connectivity index (χ4n) is 4.37. The normalized spacial score (nSPS) is 13.3. The van der Waals surface area contributed by atoms with Gasteiger partial charge >= 0.3 is 0 Å². The zero-order chi connectivity index (χ0) is 30.4. The summed E-state index contributed by atoms with van der Waals surface area (Å²) in [7, 11) is 0. The van der Waals surface area contributed by atoms with Gasteiger partial charge in [0.15, 0.2) is 11.5 Å². The number of hydrazone groups is 1. The molecule has 3 aromatic carbocycles. The van der Waals surface area contributed by atoms with Crippen LogP contribution in [0.2, 0.25) is 0 Å². The summed E-state index contributed by atoms with van der Waals surface area (Å²) in [4.78, 5) is 23.6. The molecule has 0 spiro atoms. The lowest BCUT2D eigenvalue weighted by Gasteiger charge is -2.18. The maximum atomic E-state index is 13.0. The van der Waals surface area contributed by atoms with E-state index in [0.29, 0.717) is 6.42 Å². The molecule has 2 N–H and O–H groups in total. The molecule has 0 heterocycles. The molecular weight excluding hydrogens is 542 g/mol. The Morgan fingerprint density at radius 3 is 2.21 bits per heavy atom. The smallest absolute Gasteiger partial charge is 0.274 e. The standard InChI is InChI=1S/C25H23N3O5.C9H4.CH4/c1-2-33-22-14-20(28(31)32)13-17(23(22)29)16-26-27-24(30)21-15-25(21,18-9-5-3-6-10-18)19-11-7-4-8-12-19;1-3-5-7-9-8-6-4-2;/h3-14,16,21,29H,2,15H2,1H3,(H,27,30);1H,2H3;1H4/b26-16+;;. The maximum absolute atomic E-state index is 13.0. The third kappa shape index (κ3) is 8.51. The predicted octanol–water partition coefficient (Wildman–Crippen LogP) is 5.44. The number of carbonyl (C=O) groups excluding carboxylic acids is 1. The Balaban J connectivity index is 0.000000563. The van der Waals surface area contributed by atoms with Crippen LogP contribution in [0, 0.1) is 63.9 Å². The van der Waals surface area contributed by atoms with E-state index in [4.69, 9.17) is 11.2 Å². The highest BCUT2D eigenvalue weighted by atomic mass is 16.6. The second kappa shape index (κ2) is 16.3. The average molecular weight is 574 g/mol. The Morgan fingerprint density at radius 2 is 1.67 bits per heavy atom. The summed E-state index contributed by atoms with van der Waals surface area (Å²) in [5, 5.41) is 25.5. The number of hydrogen-bond acceptors (Lipinski definition) is 6. The number of carbonyl (C=O) groups is 1. The van der Waals surface area contributed by atoms with Gasteiger partial charge in [0, 0.05) is 17.0 Å². The monoisotopic (exact) mass is 573 g/mol. The number of nitro benzene ring substituents is 1. The van der Waals surface area contributed by atoms with Gasteiger partial charge in [-0.1, -0.05) is 74.0 Å². The molecule has 0 aromatic heterocycles. The van der Waals surface area contributed by atoms with Gasteiger partial charge in [-0.25, -0.2) is 5.43 Å².